The molecule has 123 valence electrons. The third-order valence-corrected chi connectivity index (χ3v) is 4.83. The van der Waals surface area contributed by atoms with Gasteiger partial charge in [0.2, 0.25) is 0 Å². The van der Waals surface area contributed by atoms with E-state index in [1.165, 1.54) is 22.4 Å². The minimum Gasteiger partial charge on any atom is -0.339 e. The van der Waals surface area contributed by atoms with E-state index in [0.29, 0.717) is 0 Å². The molecule has 0 aliphatic carbocycles. The maximum Gasteiger partial charge on any atom is 0.0674 e. The smallest absolute Gasteiger partial charge is 0.0674 e. The van der Waals surface area contributed by atoms with Crippen molar-refractivity contribution >= 4 is 21.6 Å². The van der Waals surface area contributed by atoms with Gasteiger partial charge < -0.3 is 4.57 Å². The van der Waals surface area contributed by atoms with Crippen LogP contribution in [0.3, 0.4) is 0 Å². The van der Waals surface area contributed by atoms with E-state index in [4.69, 9.17) is 0 Å². The minimum atomic E-state index is 0. The van der Waals surface area contributed by atoms with Crippen LogP contribution in [-0.2, 0) is 20.1 Å². The van der Waals surface area contributed by atoms with Crippen molar-refractivity contribution in [2.45, 2.75) is 20.8 Å². The predicted molar refractivity (Wildman–Crippen MR) is 95.2 cm³/mol. The third-order valence-electron chi connectivity index (χ3n) is 4.03. The molecule has 2 aromatic carbocycles. The molecule has 0 fully saturated rings. The number of rotatable bonds is 2. The van der Waals surface area contributed by atoms with Crippen molar-refractivity contribution in [2.24, 2.45) is 0 Å². The van der Waals surface area contributed by atoms with E-state index in [9.17, 15) is 0 Å². The first-order valence-corrected chi connectivity index (χ1v) is 8.39. The Kier molecular flexibility index (Phi) is 4.68. The van der Waals surface area contributed by atoms with Gasteiger partial charge in [0.25, 0.3) is 0 Å². The molecule has 3 nitrogen and oxygen atoms in total. The summed E-state index contributed by atoms with van der Waals surface area (Å²) in [4.78, 5) is 9.10. The molecule has 4 aromatic rings. The maximum absolute atomic E-state index is 4.59. The Morgan fingerprint density at radius 1 is 1.08 bits per heavy atom. The molecule has 4 rings (SSSR count). The second-order valence-corrected chi connectivity index (χ2v) is 6.67. The first-order valence-electron chi connectivity index (χ1n) is 7.51. The Morgan fingerprint density at radius 2 is 1.83 bits per heavy atom. The molecule has 2 aromatic heterocycles. The largest absolute Gasteiger partial charge is 0.339 e. The van der Waals surface area contributed by atoms with E-state index < -0.39 is 0 Å². The van der Waals surface area contributed by atoms with Crippen molar-refractivity contribution in [2.75, 3.05) is 0 Å². The Hall–Kier alpha value is -1.81. The van der Waals surface area contributed by atoms with Gasteiger partial charge in [-0.15, -0.1) is 29.5 Å². The quantitative estimate of drug-likeness (QED) is 0.360. The number of nitrogens with zero attached hydrogens (tertiary/aromatic N) is 3. The molecule has 0 N–H and O–H groups in total. The van der Waals surface area contributed by atoms with Gasteiger partial charge in [-0.1, -0.05) is 23.3 Å². The van der Waals surface area contributed by atoms with Crippen LogP contribution >= 0.6 is 11.3 Å². The molecule has 0 saturated heterocycles. The maximum atomic E-state index is 4.59. The number of aryl methyl sites for hydroxylation is 3. The summed E-state index contributed by atoms with van der Waals surface area (Å²) in [5.41, 5.74) is 8.74. The predicted octanol–water partition coefficient (Wildman–Crippen LogP) is 4.87. The number of hydrogen-bond acceptors (Lipinski definition) is 3. The van der Waals surface area contributed by atoms with Crippen molar-refractivity contribution in [3.8, 4) is 17.1 Å². The van der Waals surface area contributed by atoms with E-state index in [0.717, 1.165) is 21.6 Å². The van der Waals surface area contributed by atoms with Crippen LogP contribution in [0.15, 0.2) is 42.2 Å². The zero-order chi connectivity index (χ0) is 16.0. The van der Waals surface area contributed by atoms with Crippen molar-refractivity contribution in [1.29, 1.82) is 0 Å². The number of thiazole rings is 1. The van der Waals surface area contributed by atoms with Crippen LogP contribution in [-0.4, -0.2) is 14.5 Å². The molecule has 0 atom stereocenters. The van der Waals surface area contributed by atoms with Gasteiger partial charge in [0.15, 0.2) is 0 Å². The molecule has 0 spiro atoms. The average Bonchev–Trinajstić information content (AvgIpc) is 3.14. The first kappa shape index (κ1) is 17.0. The van der Waals surface area contributed by atoms with E-state index >= 15 is 0 Å². The number of imidazole rings is 1. The molecule has 1 radical (unpaired) electrons. The van der Waals surface area contributed by atoms with Gasteiger partial charge in [0.05, 0.1) is 11.3 Å². The molecule has 0 aliphatic heterocycles. The van der Waals surface area contributed by atoms with E-state index in [-0.39, 0.29) is 20.1 Å². The van der Waals surface area contributed by atoms with Crippen LogP contribution in [0.25, 0.3) is 27.3 Å². The summed E-state index contributed by atoms with van der Waals surface area (Å²) in [5.74, 6) is 0.886. The minimum absolute atomic E-state index is 0. The van der Waals surface area contributed by atoms with Crippen molar-refractivity contribution in [3.63, 3.8) is 0 Å². The fourth-order valence-corrected chi connectivity index (χ4v) is 3.91. The topological polar surface area (TPSA) is 30.7 Å². The zero-order valence-corrected chi connectivity index (χ0v) is 16.8. The van der Waals surface area contributed by atoms with Crippen LogP contribution < -0.4 is 0 Å². The summed E-state index contributed by atoms with van der Waals surface area (Å²) in [6, 6.07) is 11.7. The Labute approximate surface area is 158 Å². The van der Waals surface area contributed by atoms with Crippen molar-refractivity contribution < 1.29 is 20.1 Å². The summed E-state index contributed by atoms with van der Waals surface area (Å²) in [6.07, 6.45) is 3.85. The van der Waals surface area contributed by atoms with E-state index in [1.807, 2.05) is 30.0 Å². The molecular formula is C19H16IrN3S-. The SMILES string of the molecule is Cc1cc(C)c(-n2ccnc2-c2[c-]ccc3scnc23)c(C)c1.[Ir]. The zero-order valence-electron chi connectivity index (χ0n) is 13.6. The molecule has 0 amide bonds. The van der Waals surface area contributed by atoms with Crippen molar-refractivity contribution in [3.05, 3.63) is 64.9 Å². The molecule has 2 heterocycles. The number of hydrogen-bond donors (Lipinski definition) is 0. The normalized spacial score (nSPS) is 10.8. The fourth-order valence-electron chi connectivity index (χ4n) is 3.22. The van der Waals surface area contributed by atoms with Crippen LogP contribution in [0.2, 0.25) is 0 Å². The van der Waals surface area contributed by atoms with Crippen molar-refractivity contribution in [1.82, 2.24) is 14.5 Å². The molecule has 24 heavy (non-hydrogen) atoms. The van der Waals surface area contributed by atoms with Gasteiger partial charge in [-0.2, -0.15) is 0 Å². The van der Waals surface area contributed by atoms with Crippen LogP contribution in [0.1, 0.15) is 16.7 Å². The number of benzene rings is 2. The fraction of sp³-hybridized carbons (Fsp3) is 0.158. The molecule has 0 unspecified atom stereocenters. The Balaban J connectivity index is 0.00000169. The molecule has 0 saturated carbocycles. The van der Waals surface area contributed by atoms with Crippen LogP contribution in [0.5, 0.6) is 0 Å². The molecule has 0 bridgehead atoms. The molecule has 5 heteroatoms. The standard InChI is InChI=1S/C19H16N3S.Ir/c1-12-9-13(2)18(14(3)10-12)22-8-7-20-19(22)15-5-4-6-16-17(15)21-11-23-16;/h4,6-11H,1-3H3;/q-1;. The number of fused-ring (bicyclic) bond motifs is 1. The van der Waals surface area contributed by atoms with Gasteiger partial charge in [0, 0.05) is 43.7 Å². The summed E-state index contributed by atoms with van der Waals surface area (Å²) in [7, 11) is 0. The number of aromatic nitrogens is 3. The Bertz CT molecular complexity index is 993. The Morgan fingerprint density at radius 3 is 2.58 bits per heavy atom. The van der Waals surface area contributed by atoms with Crippen LogP contribution in [0, 0.1) is 26.8 Å². The van der Waals surface area contributed by atoms with Gasteiger partial charge in [-0.05, 0) is 36.6 Å². The van der Waals surface area contributed by atoms with Crippen LogP contribution in [0.4, 0.5) is 0 Å². The monoisotopic (exact) mass is 511 g/mol. The average molecular weight is 511 g/mol. The second-order valence-electron chi connectivity index (χ2n) is 5.79. The van der Waals surface area contributed by atoms with Gasteiger partial charge in [-0.25, -0.2) is 0 Å². The van der Waals surface area contributed by atoms with Gasteiger partial charge >= 0.3 is 0 Å². The van der Waals surface area contributed by atoms with Gasteiger partial charge in [-0.3, -0.25) is 9.97 Å². The first-order chi connectivity index (χ1) is 11.1. The molecule has 0 aliphatic rings. The summed E-state index contributed by atoms with van der Waals surface area (Å²) in [5, 5.41) is 0. The summed E-state index contributed by atoms with van der Waals surface area (Å²) in [6.45, 7) is 6.42. The third kappa shape index (κ3) is 2.73. The summed E-state index contributed by atoms with van der Waals surface area (Å²) < 4.78 is 3.31. The van der Waals surface area contributed by atoms with Gasteiger partial charge in [0.1, 0.15) is 0 Å². The van der Waals surface area contributed by atoms with E-state index in [1.54, 1.807) is 11.3 Å². The van der Waals surface area contributed by atoms with E-state index in [2.05, 4.69) is 53.5 Å². The second kappa shape index (κ2) is 6.59. The molecular weight excluding hydrogens is 495 g/mol. The summed E-state index contributed by atoms with van der Waals surface area (Å²) >= 11 is 1.64.